The van der Waals surface area contributed by atoms with E-state index in [9.17, 15) is 26.4 Å². The Bertz CT molecular complexity index is 964. The maximum Gasteiger partial charge on any atom is 0.511 e. The fraction of sp³-hybridized carbons (Fsp3) is 0.462. The number of nitrogens with zero attached hydrogens (tertiary/aromatic N) is 3. The average molecular weight is 442 g/mol. The molecule has 2 aromatic heterocycles. The number of aliphatic hydroxyl groups is 1. The van der Waals surface area contributed by atoms with Crippen LogP contribution in [0.1, 0.15) is 10.7 Å². The number of hydrogen-bond donors (Lipinski definition) is 2. The quantitative estimate of drug-likeness (QED) is 0.730. The van der Waals surface area contributed by atoms with Crippen LogP contribution in [-0.2, 0) is 21.4 Å². The molecular weight excluding hydrogens is 429 g/mol. The number of sulfonamides is 1. The van der Waals surface area contributed by atoms with E-state index in [1.807, 2.05) is 0 Å². The highest BCUT2D eigenvalue weighted by Crippen LogP contribution is 2.34. The summed E-state index contributed by atoms with van der Waals surface area (Å²) in [4.78, 5) is 21.2. The van der Waals surface area contributed by atoms with Gasteiger partial charge in [0.05, 0.1) is 28.8 Å². The monoisotopic (exact) mass is 442 g/mol. The molecule has 3 heterocycles. The minimum atomic E-state index is -5.40. The Labute approximate surface area is 159 Å². The molecule has 0 bridgehead atoms. The van der Waals surface area contributed by atoms with Crippen LogP contribution in [-0.4, -0.2) is 52.3 Å². The topological polar surface area (TPSA) is 112 Å². The molecule has 1 saturated heterocycles. The van der Waals surface area contributed by atoms with Crippen LogP contribution in [0.3, 0.4) is 0 Å². The van der Waals surface area contributed by atoms with E-state index >= 15 is 0 Å². The average Bonchev–Trinajstić information content (AvgIpc) is 3.10. The summed E-state index contributed by atoms with van der Waals surface area (Å²) >= 11 is 2.38. The third kappa shape index (κ3) is 3.85. The van der Waals surface area contributed by atoms with E-state index in [1.54, 1.807) is 12.3 Å². The maximum absolute atomic E-state index is 12.4. The number of carbonyl (C=O) groups is 1. The van der Waals surface area contributed by atoms with Gasteiger partial charge in [-0.25, -0.2) is 18.4 Å². The largest absolute Gasteiger partial charge is 0.511 e. The van der Waals surface area contributed by atoms with Gasteiger partial charge in [-0.1, -0.05) is 0 Å². The third-order valence-corrected chi connectivity index (χ3v) is 7.28. The SMILES string of the molecule is Cc1nc(CO)sc1-c1csc(NC(=O)C2CN(S(=O)(=O)C(F)(F)F)C2)n1. The van der Waals surface area contributed by atoms with Crippen LogP contribution in [0.4, 0.5) is 18.3 Å². The van der Waals surface area contributed by atoms with Gasteiger partial charge in [0.15, 0.2) is 5.13 Å². The fourth-order valence-electron chi connectivity index (χ4n) is 2.35. The summed E-state index contributed by atoms with van der Waals surface area (Å²) in [6, 6.07) is 0. The second-order valence-corrected chi connectivity index (χ2v) is 9.54. The van der Waals surface area contributed by atoms with Crippen LogP contribution < -0.4 is 5.32 Å². The normalized spacial score (nSPS) is 16.3. The molecule has 0 aromatic carbocycles. The van der Waals surface area contributed by atoms with Crippen molar-refractivity contribution in [3.8, 4) is 10.6 Å². The minimum absolute atomic E-state index is 0.196. The number of hydrogen-bond acceptors (Lipinski definition) is 8. The number of aliphatic hydroxyl groups excluding tert-OH is 1. The fourth-order valence-corrected chi connectivity index (χ4v) is 5.06. The molecule has 1 aliphatic rings. The zero-order valence-electron chi connectivity index (χ0n) is 13.6. The number of carbonyl (C=O) groups excluding carboxylic acids is 1. The highest BCUT2D eigenvalue weighted by Gasteiger charge is 2.54. The second-order valence-electron chi connectivity index (χ2n) is 5.67. The lowest BCUT2D eigenvalue weighted by Gasteiger charge is -2.36. The third-order valence-electron chi connectivity index (χ3n) is 3.79. The predicted octanol–water partition coefficient (Wildman–Crippen LogP) is 1.79. The molecule has 0 aliphatic carbocycles. The van der Waals surface area contributed by atoms with Crippen molar-refractivity contribution in [2.24, 2.45) is 5.92 Å². The molecule has 1 amide bonds. The molecule has 2 N–H and O–H groups in total. The molecule has 0 unspecified atom stereocenters. The number of thiazole rings is 2. The Hall–Kier alpha value is -1.61. The predicted molar refractivity (Wildman–Crippen MR) is 92.5 cm³/mol. The molecule has 0 spiro atoms. The first kappa shape index (κ1) is 20.1. The number of nitrogens with one attached hydrogen (secondary N) is 1. The maximum atomic E-state index is 12.4. The van der Waals surface area contributed by atoms with Gasteiger partial charge in [0, 0.05) is 18.5 Å². The van der Waals surface area contributed by atoms with E-state index in [0.29, 0.717) is 16.4 Å². The molecule has 1 aliphatic heterocycles. The molecule has 0 atom stereocenters. The number of aryl methyl sites for hydroxylation is 1. The Balaban J connectivity index is 1.62. The Morgan fingerprint density at radius 2 is 2.07 bits per heavy atom. The molecule has 2 aromatic rings. The van der Waals surface area contributed by atoms with Gasteiger partial charge < -0.3 is 10.4 Å². The van der Waals surface area contributed by atoms with Crippen LogP contribution in [0.5, 0.6) is 0 Å². The number of alkyl halides is 3. The first-order valence-corrected chi connectivity index (χ1v) is 10.6. The van der Waals surface area contributed by atoms with Gasteiger partial charge >= 0.3 is 15.5 Å². The number of amides is 1. The van der Waals surface area contributed by atoms with Crippen molar-refractivity contribution in [1.29, 1.82) is 0 Å². The molecule has 3 rings (SSSR count). The number of anilines is 1. The minimum Gasteiger partial charge on any atom is -0.389 e. The summed E-state index contributed by atoms with van der Waals surface area (Å²) in [5.41, 5.74) is -4.14. The zero-order valence-corrected chi connectivity index (χ0v) is 16.1. The van der Waals surface area contributed by atoms with Crippen molar-refractivity contribution in [3.63, 3.8) is 0 Å². The highest BCUT2D eigenvalue weighted by atomic mass is 32.2. The number of rotatable bonds is 5. The summed E-state index contributed by atoms with van der Waals surface area (Å²) in [6.07, 6.45) is 0. The molecule has 0 saturated carbocycles. The molecule has 8 nitrogen and oxygen atoms in total. The van der Waals surface area contributed by atoms with Crippen molar-refractivity contribution >= 4 is 43.7 Å². The Morgan fingerprint density at radius 1 is 1.41 bits per heavy atom. The second kappa shape index (κ2) is 7.09. The van der Waals surface area contributed by atoms with Crippen molar-refractivity contribution in [2.45, 2.75) is 19.0 Å². The summed E-state index contributed by atoms with van der Waals surface area (Å²) in [6.45, 7) is 0.504. The first-order valence-electron chi connectivity index (χ1n) is 7.43. The number of halogens is 3. The van der Waals surface area contributed by atoms with Crippen molar-refractivity contribution < 1.29 is 31.5 Å². The summed E-state index contributed by atoms with van der Waals surface area (Å²) in [7, 11) is -5.40. The van der Waals surface area contributed by atoms with E-state index < -0.39 is 40.4 Å². The van der Waals surface area contributed by atoms with Gasteiger partial charge in [-0.2, -0.15) is 17.5 Å². The molecule has 27 heavy (non-hydrogen) atoms. The smallest absolute Gasteiger partial charge is 0.389 e. The summed E-state index contributed by atoms with van der Waals surface area (Å²) in [5, 5.41) is 14.1. The molecule has 148 valence electrons. The van der Waals surface area contributed by atoms with E-state index in [4.69, 9.17) is 5.11 Å². The molecular formula is C13H13F3N4O4S3. The molecule has 0 radical (unpaired) electrons. The van der Waals surface area contributed by atoms with Crippen LogP contribution in [0, 0.1) is 12.8 Å². The first-order chi connectivity index (χ1) is 12.5. The van der Waals surface area contributed by atoms with E-state index in [0.717, 1.165) is 16.2 Å². The Kier molecular flexibility index (Phi) is 5.28. The van der Waals surface area contributed by atoms with Crippen LogP contribution in [0.2, 0.25) is 0 Å². The van der Waals surface area contributed by atoms with Gasteiger partial charge in [0.2, 0.25) is 5.91 Å². The van der Waals surface area contributed by atoms with E-state index in [1.165, 1.54) is 11.3 Å². The lowest BCUT2D eigenvalue weighted by molar-refractivity contribution is -0.123. The standard InChI is InChI=1S/C13H13F3N4O4S3/c1-6-10(26-9(4-21)17-6)8-5-25-12(18-8)19-11(22)7-2-20(3-7)27(23,24)13(14,15)16/h5,7,21H,2-4H2,1H3,(H,18,19,22). The highest BCUT2D eigenvalue weighted by molar-refractivity contribution is 7.90. The lowest BCUT2D eigenvalue weighted by atomic mass is 10.0. The van der Waals surface area contributed by atoms with Gasteiger partial charge in [0.1, 0.15) is 5.01 Å². The van der Waals surface area contributed by atoms with Gasteiger partial charge in [-0.15, -0.1) is 22.7 Å². The van der Waals surface area contributed by atoms with E-state index in [-0.39, 0.29) is 16.0 Å². The van der Waals surface area contributed by atoms with Gasteiger partial charge in [-0.05, 0) is 6.92 Å². The van der Waals surface area contributed by atoms with Crippen molar-refractivity contribution in [3.05, 3.63) is 16.1 Å². The van der Waals surface area contributed by atoms with Crippen LogP contribution >= 0.6 is 22.7 Å². The summed E-state index contributed by atoms with van der Waals surface area (Å²) < 4.78 is 60.0. The number of aromatic nitrogens is 2. The lowest BCUT2D eigenvalue weighted by Crippen LogP contribution is -2.57. The van der Waals surface area contributed by atoms with Gasteiger partial charge in [-0.3, -0.25) is 4.79 Å². The zero-order chi connectivity index (χ0) is 20.0. The van der Waals surface area contributed by atoms with Gasteiger partial charge in [0.25, 0.3) is 0 Å². The van der Waals surface area contributed by atoms with Crippen molar-refractivity contribution in [1.82, 2.24) is 14.3 Å². The molecule has 1 fully saturated rings. The molecule has 14 heteroatoms. The van der Waals surface area contributed by atoms with Crippen LogP contribution in [0.15, 0.2) is 5.38 Å². The van der Waals surface area contributed by atoms with Crippen LogP contribution in [0.25, 0.3) is 10.6 Å². The Morgan fingerprint density at radius 3 is 2.63 bits per heavy atom. The van der Waals surface area contributed by atoms with Crippen molar-refractivity contribution in [2.75, 3.05) is 18.4 Å². The van der Waals surface area contributed by atoms with E-state index in [2.05, 4.69) is 15.3 Å². The summed E-state index contributed by atoms with van der Waals surface area (Å²) in [5.74, 6) is -1.47.